The van der Waals surface area contributed by atoms with Crippen LogP contribution in [0.1, 0.15) is 17.0 Å². The number of rotatable bonds is 6. The van der Waals surface area contributed by atoms with Gasteiger partial charge in [0.2, 0.25) is 5.91 Å². The zero-order valence-corrected chi connectivity index (χ0v) is 18.9. The van der Waals surface area contributed by atoms with Crippen LogP contribution in [-0.4, -0.2) is 18.0 Å². The molecule has 0 atom stereocenters. The van der Waals surface area contributed by atoms with Crippen LogP contribution in [0, 0.1) is 0 Å². The Labute approximate surface area is 196 Å². The molecule has 0 radical (unpaired) electrons. The van der Waals surface area contributed by atoms with Gasteiger partial charge in [-0.15, -0.1) is 11.3 Å². The van der Waals surface area contributed by atoms with Crippen LogP contribution in [0.3, 0.4) is 0 Å². The summed E-state index contributed by atoms with van der Waals surface area (Å²) in [6.07, 6.45) is 0. The second kappa shape index (κ2) is 9.27. The van der Waals surface area contributed by atoms with E-state index in [1.54, 1.807) is 18.4 Å². The number of hydrogen-bond acceptors (Lipinski definition) is 4. The quantitative estimate of drug-likeness (QED) is 0.312. The number of fused-ring (bicyclic) bond motifs is 1. The number of ether oxygens (including phenoxy) is 1. The summed E-state index contributed by atoms with van der Waals surface area (Å²) in [5.41, 5.74) is 4.39. The average Bonchev–Trinajstić information content (AvgIpc) is 3.30. The van der Waals surface area contributed by atoms with Crippen molar-refractivity contribution in [3.05, 3.63) is 114 Å². The number of carbonyl (C=O) groups is 1. The molecule has 5 heteroatoms. The fourth-order valence-electron chi connectivity index (χ4n) is 3.93. The zero-order chi connectivity index (χ0) is 22.6. The molecular formula is C28H22N2O2S. The third-order valence-electron chi connectivity index (χ3n) is 5.53. The maximum absolute atomic E-state index is 13.6. The lowest BCUT2D eigenvalue weighted by atomic mass is 9.90. The van der Waals surface area contributed by atoms with Gasteiger partial charge in [-0.3, -0.25) is 4.79 Å². The van der Waals surface area contributed by atoms with Crippen LogP contribution < -0.4 is 10.1 Å². The van der Waals surface area contributed by atoms with Gasteiger partial charge in [-0.25, -0.2) is 4.98 Å². The number of hydrogen-bond donors (Lipinski definition) is 1. The van der Waals surface area contributed by atoms with Crippen LogP contribution in [0.2, 0.25) is 0 Å². The minimum absolute atomic E-state index is 0.118. The predicted molar refractivity (Wildman–Crippen MR) is 135 cm³/mol. The summed E-state index contributed by atoms with van der Waals surface area (Å²) in [4.78, 5) is 18.3. The first kappa shape index (κ1) is 20.9. The highest BCUT2D eigenvalue weighted by Crippen LogP contribution is 2.36. The Morgan fingerprint density at radius 1 is 0.848 bits per heavy atom. The molecule has 0 spiro atoms. The van der Waals surface area contributed by atoms with Gasteiger partial charge in [0.05, 0.1) is 28.9 Å². The highest BCUT2D eigenvalue weighted by Gasteiger charge is 2.24. The molecule has 4 aromatic carbocycles. The van der Waals surface area contributed by atoms with Crippen molar-refractivity contribution in [3.8, 4) is 16.3 Å². The van der Waals surface area contributed by atoms with Gasteiger partial charge in [-0.2, -0.15) is 0 Å². The van der Waals surface area contributed by atoms with Crippen molar-refractivity contribution in [1.82, 2.24) is 4.98 Å². The number of aromatic nitrogens is 1. The Kier molecular flexibility index (Phi) is 5.87. The molecule has 0 aliphatic rings. The molecule has 1 heterocycles. The third kappa shape index (κ3) is 4.36. The van der Waals surface area contributed by atoms with Gasteiger partial charge in [0, 0.05) is 5.56 Å². The zero-order valence-electron chi connectivity index (χ0n) is 18.1. The van der Waals surface area contributed by atoms with Crippen LogP contribution in [0.15, 0.2) is 103 Å². The number of carbonyl (C=O) groups excluding carboxylic acids is 1. The molecule has 0 aliphatic carbocycles. The Bertz CT molecular complexity index is 1330. The lowest BCUT2D eigenvalue weighted by Gasteiger charge is -2.19. The summed E-state index contributed by atoms with van der Waals surface area (Å²) < 4.78 is 6.68. The summed E-state index contributed by atoms with van der Waals surface area (Å²) in [5.74, 6) is 0.0449. The van der Waals surface area contributed by atoms with E-state index in [2.05, 4.69) is 11.4 Å². The van der Waals surface area contributed by atoms with Crippen LogP contribution >= 0.6 is 11.3 Å². The van der Waals surface area contributed by atoms with Crippen molar-refractivity contribution in [3.63, 3.8) is 0 Å². The molecule has 5 aromatic rings. The van der Waals surface area contributed by atoms with E-state index in [9.17, 15) is 4.79 Å². The Morgan fingerprint density at radius 3 is 2.12 bits per heavy atom. The number of nitrogens with one attached hydrogen (secondary N) is 1. The lowest BCUT2D eigenvalue weighted by molar-refractivity contribution is -0.116. The molecule has 1 N–H and O–H groups in total. The normalized spacial score (nSPS) is 11.0. The first-order valence-corrected chi connectivity index (χ1v) is 11.5. The summed E-state index contributed by atoms with van der Waals surface area (Å²) in [6, 6.07) is 33.5. The highest BCUT2D eigenvalue weighted by atomic mass is 32.1. The SMILES string of the molecule is COc1ccc(-c2nc3ccccc3s2)cc1NC(=O)C(c1ccccc1)c1ccccc1. The fraction of sp³-hybridized carbons (Fsp3) is 0.0714. The standard InChI is InChI=1S/C28H22N2O2S/c1-32-24-17-16-21(28-30-22-14-8-9-15-25(22)33-28)18-23(24)29-27(31)26(19-10-4-2-5-11-19)20-12-6-3-7-13-20/h2-18,26H,1H3,(H,29,31). The van der Waals surface area contributed by atoms with E-state index in [4.69, 9.17) is 9.72 Å². The lowest BCUT2D eigenvalue weighted by Crippen LogP contribution is -2.22. The number of anilines is 1. The van der Waals surface area contributed by atoms with Crippen molar-refractivity contribution < 1.29 is 9.53 Å². The van der Waals surface area contributed by atoms with E-state index in [1.165, 1.54) is 0 Å². The summed E-state index contributed by atoms with van der Waals surface area (Å²) in [6.45, 7) is 0. The van der Waals surface area contributed by atoms with Gasteiger partial charge in [-0.1, -0.05) is 72.8 Å². The Morgan fingerprint density at radius 2 is 1.48 bits per heavy atom. The number of methoxy groups -OCH3 is 1. The largest absolute Gasteiger partial charge is 0.495 e. The van der Waals surface area contributed by atoms with Crippen molar-refractivity contribution in [2.75, 3.05) is 12.4 Å². The van der Waals surface area contributed by atoms with Crippen LogP contribution in [-0.2, 0) is 4.79 Å². The highest BCUT2D eigenvalue weighted by molar-refractivity contribution is 7.21. The Hall–Kier alpha value is -3.96. The topological polar surface area (TPSA) is 51.2 Å². The third-order valence-corrected chi connectivity index (χ3v) is 6.61. The molecule has 0 bridgehead atoms. The predicted octanol–water partition coefficient (Wildman–Crippen LogP) is 6.74. The second-order valence-electron chi connectivity index (χ2n) is 7.65. The molecule has 5 rings (SSSR count). The number of amides is 1. The van der Waals surface area contributed by atoms with E-state index in [1.807, 2.05) is 97.1 Å². The minimum atomic E-state index is -0.441. The molecule has 0 aliphatic heterocycles. The number of para-hydroxylation sites is 1. The molecule has 0 fully saturated rings. The van der Waals surface area contributed by atoms with Gasteiger partial charge < -0.3 is 10.1 Å². The monoisotopic (exact) mass is 450 g/mol. The van der Waals surface area contributed by atoms with Crippen LogP contribution in [0.25, 0.3) is 20.8 Å². The molecule has 0 unspecified atom stereocenters. The smallest absolute Gasteiger partial charge is 0.236 e. The molecular weight excluding hydrogens is 428 g/mol. The van der Waals surface area contributed by atoms with E-state index in [0.29, 0.717) is 11.4 Å². The maximum Gasteiger partial charge on any atom is 0.236 e. The van der Waals surface area contributed by atoms with Crippen molar-refractivity contribution in [1.29, 1.82) is 0 Å². The van der Waals surface area contributed by atoms with Gasteiger partial charge in [-0.05, 0) is 41.5 Å². The van der Waals surface area contributed by atoms with Crippen LogP contribution in [0.4, 0.5) is 5.69 Å². The first-order valence-electron chi connectivity index (χ1n) is 10.7. The van der Waals surface area contributed by atoms with Gasteiger partial charge in [0.1, 0.15) is 10.8 Å². The summed E-state index contributed by atoms with van der Waals surface area (Å²) in [7, 11) is 1.61. The van der Waals surface area contributed by atoms with Crippen molar-refractivity contribution in [2.24, 2.45) is 0 Å². The minimum Gasteiger partial charge on any atom is -0.495 e. The van der Waals surface area contributed by atoms with Gasteiger partial charge in [0.25, 0.3) is 0 Å². The fourth-order valence-corrected chi connectivity index (χ4v) is 4.89. The van der Waals surface area contributed by atoms with Crippen LogP contribution in [0.5, 0.6) is 5.75 Å². The van der Waals surface area contributed by atoms with E-state index < -0.39 is 5.92 Å². The summed E-state index contributed by atoms with van der Waals surface area (Å²) >= 11 is 1.63. The van der Waals surface area contributed by atoms with Gasteiger partial charge in [0.15, 0.2) is 0 Å². The number of nitrogens with zero attached hydrogens (tertiary/aromatic N) is 1. The molecule has 0 saturated carbocycles. The average molecular weight is 451 g/mol. The molecule has 33 heavy (non-hydrogen) atoms. The molecule has 162 valence electrons. The summed E-state index contributed by atoms with van der Waals surface area (Å²) in [5, 5.41) is 4.02. The van der Waals surface area contributed by atoms with E-state index in [0.717, 1.165) is 31.9 Å². The van der Waals surface area contributed by atoms with Gasteiger partial charge >= 0.3 is 0 Å². The van der Waals surface area contributed by atoms with Crippen molar-refractivity contribution in [2.45, 2.75) is 5.92 Å². The molecule has 1 aromatic heterocycles. The number of benzene rings is 4. The van der Waals surface area contributed by atoms with E-state index in [-0.39, 0.29) is 5.91 Å². The van der Waals surface area contributed by atoms with E-state index >= 15 is 0 Å². The second-order valence-corrected chi connectivity index (χ2v) is 8.68. The van der Waals surface area contributed by atoms with Crippen molar-refractivity contribution >= 4 is 33.1 Å². The molecule has 4 nitrogen and oxygen atoms in total. The Balaban J connectivity index is 1.51. The molecule has 1 amide bonds. The number of thiazole rings is 1. The molecule has 0 saturated heterocycles. The maximum atomic E-state index is 13.6. The first-order chi connectivity index (χ1) is 16.2.